The van der Waals surface area contributed by atoms with Gasteiger partial charge in [-0.1, -0.05) is 6.07 Å². The van der Waals surface area contributed by atoms with Gasteiger partial charge >= 0.3 is 5.97 Å². The molecule has 7 heteroatoms. The number of carbonyl (C=O) groups is 1. The normalized spacial score (nSPS) is 11.1. The number of nitrogens with two attached hydrogens (primary N) is 1. The van der Waals surface area contributed by atoms with E-state index in [2.05, 4.69) is 0 Å². The monoisotopic (exact) mass is 301 g/mol. The summed E-state index contributed by atoms with van der Waals surface area (Å²) in [6, 6.07) is 4.89. The van der Waals surface area contributed by atoms with Crippen LogP contribution in [0.2, 0.25) is 0 Å². The van der Waals surface area contributed by atoms with Gasteiger partial charge < -0.3 is 15.2 Å². The zero-order valence-corrected chi connectivity index (χ0v) is 12.4. The zero-order chi connectivity index (χ0) is 15.2. The highest BCUT2D eigenvalue weighted by Crippen LogP contribution is 2.25. The van der Waals surface area contributed by atoms with Gasteiger partial charge in [0.15, 0.2) is 0 Å². The van der Waals surface area contributed by atoms with Crippen molar-refractivity contribution in [2.45, 2.75) is 13.3 Å². The van der Waals surface area contributed by atoms with Gasteiger partial charge in [0.05, 0.1) is 19.0 Å². The molecular formula is C13H19NO5S. The highest BCUT2D eigenvalue weighted by Gasteiger charge is 2.17. The van der Waals surface area contributed by atoms with Gasteiger partial charge in [0.2, 0.25) is 0 Å². The number of benzene rings is 1. The first kappa shape index (κ1) is 16.3. The molecule has 0 atom stereocenters. The van der Waals surface area contributed by atoms with Gasteiger partial charge in [0.1, 0.15) is 21.2 Å². The van der Waals surface area contributed by atoms with Gasteiger partial charge in [-0.15, -0.1) is 0 Å². The SMILES string of the molecule is CCOc1cccc(N)c1C(=O)OCCCS(C)(=O)=O. The van der Waals surface area contributed by atoms with Gasteiger partial charge in [-0.05, 0) is 25.5 Å². The molecule has 2 N–H and O–H groups in total. The molecule has 0 aliphatic rings. The smallest absolute Gasteiger partial charge is 0.344 e. The number of carbonyl (C=O) groups excluding carboxylic acids is 1. The van der Waals surface area contributed by atoms with Crippen molar-refractivity contribution in [2.24, 2.45) is 0 Å². The van der Waals surface area contributed by atoms with Gasteiger partial charge in [-0.25, -0.2) is 13.2 Å². The van der Waals surface area contributed by atoms with E-state index < -0.39 is 15.8 Å². The Hall–Kier alpha value is -1.76. The van der Waals surface area contributed by atoms with E-state index in [0.29, 0.717) is 12.4 Å². The van der Waals surface area contributed by atoms with Crippen LogP contribution in [-0.2, 0) is 14.6 Å². The van der Waals surface area contributed by atoms with E-state index in [1.807, 2.05) is 0 Å². The highest BCUT2D eigenvalue weighted by atomic mass is 32.2. The first-order valence-corrected chi connectivity index (χ1v) is 8.27. The summed E-state index contributed by atoms with van der Waals surface area (Å²) < 4.78 is 32.3. The highest BCUT2D eigenvalue weighted by molar-refractivity contribution is 7.90. The quantitative estimate of drug-likeness (QED) is 0.463. The molecule has 0 radical (unpaired) electrons. The molecule has 6 nitrogen and oxygen atoms in total. The average Bonchev–Trinajstić information content (AvgIpc) is 2.34. The molecule has 0 saturated heterocycles. The Morgan fingerprint density at radius 2 is 2.05 bits per heavy atom. The standard InChI is InChI=1S/C13H19NO5S/c1-3-18-11-7-4-6-10(14)12(11)13(15)19-8-5-9-20(2,16)17/h4,6-7H,3,5,8-9,14H2,1-2H3. The first-order chi connectivity index (χ1) is 9.35. The van der Waals surface area contributed by atoms with Crippen molar-refractivity contribution >= 4 is 21.5 Å². The van der Waals surface area contributed by atoms with Crippen molar-refractivity contribution in [3.05, 3.63) is 23.8 Å². The minimum Gasteiger partial charge on any atom is -0.493 e. The Bertz CT molecular complexity index is 568. The van der Waals surface area contributed by atoms with Gasteiger partial charge in [0.25, 0.3) is 0 Å². The number of anilines is 1. The van der Waals surface area contributed by atoms with Crippen LogP contribution >= 0.6 is 0 Å². The topological polar surface area (TPSA) is 95.7 Å². The fourth-order valence-electron chi connectivity index (χ4n) is 1.60. The molecule has 0 fully saturated rings. The minimum absolute atomic E-state index is 0.0196. The Labute approximate surface area is 118 Å². The van der Waals surface area contributed by atoms with Gasteiger partial charge in [-0.2, -0.15) is 0 Å². The lowest BCUT2D eigenvalue weighted by atomic mass is 10.1. The summed E-state index contributed by atoms with van der Waals surface area (Å²) in [5, 5.41) is 0. The van der Waals surface area contributed by atoms with E-state index in [1.54, 1.807) is 25.1 Å². The van der Waals surface area contributed by atoms with Crippen molar-refractivity contribution in [3.8, 4) is 5.75 Å². The third-order valence-electron chi connectivity index (χ3n) is 2.46. The molecular weight excluding hydrogens is 282 g/mol. The van der Waals surface area contributed by atoms with Crippen molar-refractivity contribution in [3.63, 3.8) is 0 Å². The molecule has 20 heavy (non-hydrogen) atoms. The van der Waals surface area contributed by atoms with E-state index in [1.165, 1.54) is 0 Å². The molecule has 0 aromatic heterocycles. The summed E-state index contributed by atoms with van der Waals surface area (Å²) in [7, 11) is -3.05. The minimum atomic E-state index is -3.05. The maximum Gasteiger partial charge on any atom is 0.344 e. The number of hydrogen-bond acceptors (Lipinski definition) is 6. The van der Waals surface area contributed by atoms with Crippen LogP contribution in [0.4, 0.5) is 5.69 Å². The summed E-state index contributed by atoms with van der Waals surface area (Å²) in [5.74, 6) is -0.274. The summed E-state index contributed by atoms with van der Waals surface area (Å²) in [6.45, 7) is 2.22. The van der Waals surface area contributed by atoms with Crippen LogP contribution < -0.4 is 10.5 Å². The lowest BCUT2D eigenvalue weighted by molar-refractivity contribution is 0.0502. The largest absolute Gasteiger partial charge is 0.493 e. The predicted octanol–water partition coefficient (Wildman–Crippen LogP) is 1.26. The van der Waals surface area contributed by atoms with Crippen molar-refractivity contribution in [2.75, 3.05) is 31.0 Å². The van der Waals surface area contributed by atoms with E-state index >= 15 is 0 Å². The van der Waals surface area contributed by atoms with Crippen LogP contribution in [0.15, 0.2) is 18.2 Å². The number of hydrogen-bond donors (Lipinski definition) is 1. The summed E-state index contributed by atoms with van der Waals surface area (Å²) in [4.78, 5) is 12.0. The molecule has 0 heterocycles. The molecule has 0 aliphatic carbocycles. The van der Waals surface area contributed by atoms with Gasteiger partial charge in [-0.3, -0.25) is 0 Å². The van der Waals surface area contributed by atoms with Crippen molar-refractivity contribution < 1.29 is 22.7 Å². The van der Waals surface area contributed by atoms with Crippen LogP contribution in [-0.4, -0.2) is 39.6 Å². The zero-order valence-electron chi connectivity index (χ0n) is 11.6. The molecule has 0 spiro atoms. The Morgan fingerprint density at radius 3 is 2.65 bits per heavy atom. The third kappa shape index (κ3) is 5.08. The summed E-state index contributed by atoms with van der Waals surface area (Å²) >= 11 is 0. The second-order valence-electron chi connectivity index (χ2n) is 4.27. The van der Waals surface area contributed by atoms with Gasteiger partial charge in [0, 0.05) is 11.9 Å². The van der Waals surface area contributed by atoms with Crippen LogP contribution in [0.3, 0.4) is 0 Å². The predicted molar refractivity (Wildman–Crippen MR) is 76.6 cm³/mol. The van der Waals surface area contributed by atoms with E-state index in [-0.39, 0.29) is 30.0 Å². The summed E-state index contributed by atoms with van der Waals surface area (Å²) in [5.41, 5.74) is 6.19. The number of sulfone groups is 1. The number of esters is 1. The Balaban J connectivity index is 2.68. The second kappa shape index (κ2) is 7.14. The lowest BCUT2D eigenvalue weighted by Crippen LogP contribution is -2.13. The van der Waals surface area contributed by atoms with E-state index in [9.17, 15) is 13.2 Å². The van der Waals surface area contributed by atoms with E-state index in [4.69, 9.17) is 15.2 Å². The number of nitrogen functional groups attached to an aromatic ring is 1. The maximum atomic E-state index is 12.0. The Kier molecular flexibility index (Phi) is 5.82. The lowest BCUT2D eigenvalue weighted by Gasteiger charge is -2.12. The maximum absolute atomic E-state index is 12.0. The molecule has 0 bridgehead atoms. The Morgan fingerprint density at radius 1 is 1.35 bits per heavy atom. The van der Waals surface area contributed by atoms with Crippen molar-refractivity contribution in [1.82, 2.24) is 0 Å². The molecule has 1 aromatic rings. The number of ether oxygens (including phenoxy) is 2. The van der Waals surface area contributed by atoms with Crippen LogP contribution in [0.25, 0.3) is 0 Å². The summed E-state index contributed by atoms with van der Waals surface area (Å²) in [6.07, 6.45) is 1.39. The second-order valence-corrected chi connectivity index (χ2v) is 6.53. The van der Waals surface area contributed by atoms with Crippen LogP contribution in [0.1, 0.15) is 23.7 Å². The molecule has 0 saturated carbocycles. The van der Waals surface area contributed by atoms with E-state index in [0.717, 1.165) is 6.26 Å². The molecule has 112 valence electrons. The molecule has 0 amide bonds. The fourth-order valence-corrected chi connectivity index (χ4v) is 2.24. The molecule has 1 aromatic carbocycles. The molecule has 0 unspecified atom stereocenters. The van der Waals surface area contributed by atoms with Crippen LogP contribution in [0, 0.1) is 0 Å². The molecule has 0 aliphatic heterocycles. The fraction of sp³-hybridized carbons (Fsp3) is 0.462. The number of rotatable bonds is 7. The van der Waals surface area contributed by atoms with Crippen LogP contribution in [0.5, 0.6) is 5.75 Å². The molecule has 1 rings (SSSR count). The average molecular weight is 301 g/mol. The van der Waals surface area contributed by atoms with Crippen molar-refractivity contribution in [1.29, 1.82) is 0 Å². The third-order valence-corrected chi connectivity index (χ3v) is 3.49. The first-order valence-electron chi connectivity index (χ1n) is 6.21.